The zero-order valence-electron chi connectivity index (χ0n) is 11.8. The van der Waals surface area contributed by atoms with Crippen LogP contribution < -0.4 is 10.4 Å². The summed E-state index contributed by atoms with van der Waals surface area (Å²) >= 11 is 1.33. The van der Waals surface area contributed by atoms with Gasteiger partial charge < -0.3 is 15.2 Å². The topological polar surface area (TPSA) is 93.0 Å². The molecule has 1 aliphatic carbocycles. The summed E-state index contributed by atoms with van der Waals surface area (Å²) in [6, 6.07) is 2.08. The van der Waals surface area contributed by atoms with Crippen molar-refractivity contribution in [2.45, 2.75) is 26.7 Å². The largest absolute Gasteiger partial charge is 0.550 e. The summed E-state index contributed by atoms with van der Waals surface area (Å²) in [5.41, 5.74) is 1.29. The molecule has 5 nitrogen and oxygen atoms in total. The van der Waals surface area contributed by atoms with E-state index in [0.29, 0.717) is 23.4 Å². The molecule has 0 aromatic carbocycles. The molecule has 1 aliphatic rings. The fourth-order valence-corrected chi connectivity index (χ4v) is 3.43. The number of hydrogen-bond donors (Lipinski definition) is 1. The maximum Gasteiger partial charge on any atom is 0.229 e. The van der Waals surface area contributed by atoms with Gasteiger partial charge in [-0.2, -0.15) is 5.26 Å². The van der Waals surface area contributed by atoms with E-state index in [-0.39, 0.29) is 5.91 Å². The molecule has 1 heterocycles. The Morgan fingerprint density at radius 3 is 2.52 bits per heavy atom. The van der Waals surface area contributed by atoms with E-state index in [4.69, 9.17) is 5.26 Å². The molecule has 0 bridgehead atoms. The zero-order chi connectivity index (χ0) is 15.6. The van der Waals surface area contributed by atoms with Gasteiger partial charge in [-0.05, 0) is 32.3 Å². The van der Waals surface area contributed by atoms with Gasteiger partial charge in [0, 0.05) is 16.8 Å². The Hall–Kier alpha value is -2.13. The van der Waals surface area contributed by atoms with Gasteiger partial charge >= 0.3 is 0 Å². The maximum atomic E-state index is 12.3. The zero-order valence-corrected chi connectivity index (χ0v) is 12.6. The molecule has 0 saturated heterocycles. The third kappa shape index (κ3) is 2.98. The molecule has 1 aromatic rings. The number of allylic oxidation sites excluding steroid dienone is 2. The van der Waals surface area contributed by atoms with Crippen molar-refractivity contribution in [1.29, 1.82) is 5.26 Å². The van der Waals surface area contributed by atoms with E-state index in [1.165, 1.54) is 11.3 Å². The van der Waals surface area contributed by atoms with E-state index < -0.39 is 17.8 Å². The van der Waals surface area contributed by atoms with Crippen molar-refractivity contribution in [1.82, 2.24) is 0 Å². The number of nitrogens with one attached hydrogen (secondary N) is 1. The van der Waals surface area contributed by atoms with Gasteiger partial charge in [-0.3, -0.25) is 4.79 Å². The molecule has 21 heavy (non-hydrogen) atoms. The highest BCUT2D eigenvalue weighted by Gasteiger charge is 2.30. The highest BCUT2D eigenvalue weighted by molar-refractivity contribution is 7.16. The Bertz CT molecular complexity index is 655. The van der Waals surface area contributed by atoms with Gasteiger partial charge in [-0.1, -0.05) is 12.2 Å². The number of carbonyl (C=O) groups excluding carboxylic acids is 2. The summed E-state index contributed by atoms with van der Waals surface area (Å²) < 4.78 is 0. The van der Waals surface area contributed by atoms with Crippen LogP contribution in [0.2, 0.25) is 0 Å². The fraction of sp³-hybridized carbons (Fsp3) is 0.400. The number of carboxylic acid groups (broad SMARTS) is 1. The Balaban J connectivity index is 2.22. The maximum absolute atomic E-state index is 12.3. The summed E-state index contributed by atoms with van der Waals surface area (Å²) in [6.07, 6.45) is 4.23. The van der Waals surface area contributed by atoms with Crippen LogP contribution in [0.4, 0.5) is 5.00 Å². The smallest absolute Gasteiger partial charge is 0.229 e. The van der Waals surface area contributed by atoms with Crippen molar-refractivity contribution < 1.29 is 14.7 Å². The number of nitrogens with zero attached hydrogens (tertiary/aromatic N) is 1. The number of thiophene rings is 1. The third-order valence-corrected chi connectivity index (χ3v) is 4.93. The molecule has 0 radical (unpaired) electrons. The van der Waals surface area contributed by atoms with Gasteiger partial charge in [0.05, 0.1) is 11.5 Å². The Labute approximate surface area is 126 Å². The molecule has 0 saturated carbocycles. The summed E-state index contributed by atoms with van der Waals surface area (Å²) in [7, 11) is 0. The Morgan fingerprint density at radius 1 is 1.33 bits per heavy atom. The standard InChI is InChI=1S/C15H16N2O3S/c1-8-9(2)21-14(12(8)7-16)17-13(18)10-5-3-4-6-11(10)15(19)20/h3-4,10-11H,5-6H2,1-2H3,(H,17,18)(H,19,20)/p-1/t10-,11-/m0/s1. The summed E-state index contributed by atoms with van der Waals surface area (Å²) in [5.74, 6) is -3.05. The normalized spacial score (nSPS) is 20.8. The van der Waals surface area contributed by atoms with Crippen molar-refractivity contribution in [2.24, 2.45) is 11.8 Å². The second-order valence-electron chi connectivity index (χ2n) is 5.06. The molecule has 0 aliphatic heterocycles. The Morgan fingerprint density at radius 2 is 1.95 bits per heavy atom. The first-order valence-corrected chi connectivity index (χ1v) is 7.44. The number of carbonyl (C=O) groups is 2. The van der Waals surface area contributed by atoms with Crippen molar-refractivity contribution >= 4 is 28.2 Å². The van der Waals surface area contributed by atoms with E-state index >= 15 is 0 Å². The van der Waals surface area contributed by atoms with Crippen LogP contribution in [0.1, 0.15) is 28.8 Å². The van der Waals surface area contributed by atoms with Crippen molar-refractivity contribution in [3.05, 3.63) is 28.2 Å². The molecule has 1 amide bonds. The molecular weight excluding hydrogens is 288 g/mol. The lowest BCUT2D eigenvalue weighted by atomic mass is 9.82. The molecule has 110 valence electrons. The van der Waals surface area contributed by atoms with Crippen LogP contribution in [0.3, 0.4) is 0 Å². The first kappa shape index (κ1) is 15.3. The van der Waals surface area contributed by atoms with Crippen LogP contribution in [0.5, 0.6) is 0 Å². The second kappa shape index (κ2) is 6.10. The lowest BCUT2D eigenvalue weighted by Gasteiger charge is -2.28. The van der Waals surface area contributed by atoms with E-state index in [2.05, 4.69) is 11.4 Å². The van der Waals surface area contributed by atoms with Gasteiger partial charge in [-0.15, -0.1) is 11.3 Å². The number of anilines is 1. The molecule has 0 unspecified atom stereocenters. The molecule has 2 atom stereocenters. The van der Waals surface area contributed by atoms with Crippen molar-refractivity contribution in [3.63, 3.8) is 0 Å². The minimum absolute atomic E-state index is 0.300. The molecular formula is C15H15N2O3S-. The number of nitriles is 1. The van der Waals surface area contributed by atoms with Crippen LogP contribution in [-0.4, -0.2) is 11.9 Å². The molecule has 1 aromatic heterocycles. The molecule has 0 spiro atoms. The molecule has 1 N–H and O–H groups in total. The number of amides is 1. The number of aliphatic carboxylic acids is 1. The fourth-order valence-electron chi connectivity index (χ4n) is 2.42. The van der Waals surface area contributed by atoms with E-state index in [1.807, 2.05) is 13.8 Å². The minimum Gasteiger partial charge on any atom is -0.550 e. The SMILES string of the molecule is Cc1sc(NC(=O)[C@H]2CC=CC[C@@H]2C(=O)[O-])c(C#N)c1C. The lowest BCUT2D eigenvalue weighted by molar-refractivity contribution is -0.313. The van der Waals surface area contributed by atoms with Crippen LogP contribution in [0.25, 0.3) is 0 Å². The first-order valence-electron chi connectivity index (χ1n) is 6.62. The quantitative estimate of drug-likeness (QED) is 0.856. The average Bonchev–Trinajstić information content (AvgIpc) is 2.73. The summed E-state index contributed by atoms with van der Waals surface area (Å²) in [6.45, 7) is 3.71. The molecule has 0 fully saturated rings. The number of rotatable bonds is 3. The van der Waals surface area contributed by atoms with Crippen LogP contribution >= 0.6 is 11.3 Å². The summed E-state index contributed by atoms with van der Waals surface area (Å²) in [4.78, 5) is 24.4. The monoisotopic (exact) mass is 303 g/mol. The summed E-state index contributed by atoms with van der Waals surface area (Å²) in [5, 5.41) is 23.5. The molecule has 6 heteroatoms. The minimum atomic E-state index is -1.21. The lowest BCUT2D eigenvalue weighted by Crippen LogP contribution is -2.41. The predicted octanol–water partition coefficient (Wildman–Crippen LogP) is 1.51. The van der Waals surface area contributed by atoms with Gasteiger partial charge in [-0.25, -0.2) is 0 Å². The van der Waals surface area contributed by atoms with Crippen molar-refractivity contribution in [3.8, 4) is 6.07 Å². The van der Waals surface area contributed by atoms with Crippen LogP contribution in [0.15, 0.2) is 12.2 Å². The predicted molar refractivity (Wildman–Crippen MR) is 77.5 cm³/mol. The van der Waals surface area contributed by atoms with Gasteiger partial charge in [0.15, 0.2) is 0 Å². The second-order valence-corrected chi connectivity index (χ2v) is 6.29. The van der Waals surface area contributed by atoms with Gasteiger partial charge in [0.25, 0.3) is 0 Å². The highest BCUT2D eigenvalue weighted by Crippen LogP contribution is 2.33. The third-order valence-electron chi connectivity index (χ3n) is 3.81. The number of aryl methyl sites for hydroxylation is 1. The van der Waals surface area contributed by atoms with Gasteiger partial charge in [0.1, 0.15) is 11.1 Å². The van der Waals surface area contributed by atoms with Gasteiger partial charge in [0.2, 0.25) is 5.91 Å². The van der Waals surface area contributed by atoms with E-state index in [1.54, 1.807) is 12.2 Å². The number of carboxylic acids is 1. The van der Waals surface area contributed by atoms with Crippen LogP contribution in [-0.2, 0) is 9.59 Å². The first-order chi connectivity index (χ1) is 9.95. The average molecular weight is 303 g/mol. The Kier molecular flexibility index (Phi) is 4.43. The highest BCUT2D eigenvalue weighted by atomic mass is 32.1. The molecule has 2 rings (SSSR count). The number of hydrogen-bond acceptors (Lipinski definition) is 5. The van der Waals surface area contributed by atoms with Crippen molar-refractivity contribution in [2.75, 3.05) is 5.32 Å². The van der Waals surface area contributed by atoms with E-state index in [0.717, 1.165) is 10.4 Å². The van der Waals surface area contributed by atoms with E-state index in [9.17, 15) is 14.7 Å². The van der Waals surface area contributed by atoms with Crippen LogP contribution in [0, 0.1) is 37.0 Å².